The number of Topliss-reactive ketones (excluding diaryl/α,β-unsaturated/α-hetero) is 1. The summed E-state index contributed by atoms with van der Waals surface area (Å²) >= 11 is 1.97. The fraction of sp³-hybridized carbons (Fsp3) is 0.878. The Morgan fingerprint density at radius 1 is 0.938 bits per heavy atom. The van der Waals surface area contributed by atoms with Gasteiger partial charge in [0.25, 0.3) is 0 Å². The second kappa shape index (κ2) is 14.0. The van der Waals surface area contributed by atoms with E-state index in [2.05, 4.69) is 115 Å². The van der Waals surface area contributed by atoms with Crippen LogP contribution in [0.15, 0.2) is 23.3 Å². The molecule has 0 radical (unpaired) electrons. The Bertz CT molecular complexity index is 1240. The van der Waals surface area contributed by atoms with Gasteiger partial charge in [0.1, 0.15) is 5.78 Å². The summed E-state index contributed by atoms with van der Waals surface area (Å²) in [6, 6.07) is 0. The molecule has 276 valence electrons. The Kier molecular flexibility index (Phi) is 11.8. The molecule has 0 aliphatic heterocycles. The number of allylic oxidation sites excluding steroid dienone is 3. The summed E-state index contributed by atoms with van der Waals surface area (Å²) in [6.07, 6.45) is 13.5. The van der Waals surface area contributed by atoms with Crippen molar-refractivity contribution in [3.05, 3.63) is 23.3 Å². The van der Waals surface area contributed by atoms with Crippen LogP contribution in [0, 0.1) is 28.6 Å². The van der Waals surface area contributed by atoms with Crippen molar-refractivity contribution in [3.8, 4) is 0 Å². The predicted octanol–water partition coefficient (Wildman–Crippen LogP) is 11.5. The smallest absolute Gasteiger partial charge is 0.192 e. The molecule has 3 fully saturated rings. The van der Waals surface area contributed by atoms with Crippen molar-refractivity contribution in [1.82, 2.24) is 0 Å². The van der Waals surface area contributed by atoms with Gasteiger partial charge in [-0.2, -0.15) is 11.8 Å². The first kappa shape index (κ1) is 40.6. The summed E-state index contributed by atoms with van der Waals surface area (Å²) < 4.78 is 14.7. The van der Waals surface area contributed by atoms with Gasteiger partial charge in [-0.05, 0) is 111 Å². The number of carbonyl (C=O) groups is 1. The van der Waals surface area contributed by atoms with Gasteiger partial charge in [0.05, 0.1) is 17.8 Å². The normalized spacial score (nSPS) is 33.8. The van der Waals surface area contributed by atoms with Gasteiger partial charge in [0.15, 0.2) is 16.6 Å². The van der Waals surface area contributed by atoms with Crippen LogP contribution in [0.25, 0.3) is 0 Å². The first-order chi connectivity index (χ1) is 21.9. The highest BCUT2D eigenvalue weighted by Crippen LogP contribution is 2.66. The lowest BCUT2D eigenvalue weighted by Crippen LogP contribution is -2.58. The second-order valence-electron chi connectivity index (χ2n) is 19.9. The molecule has 3 saturated carbocycles. The molecule has 0 aromatic heterocycles. The van der Waals surface area contributed by atoms with Crippen molar-refractivity contribution in [2.75, 3.05) is 5.75 Å². The molecule has 0 saturated heterocycles. The van der Waals surface area contributed by atoms with Crippen LogP contribution in [0.3, 0.4) is 0 Å². The van der Waals surface area contributed by atoms with Crippen LogP contribution in [-0.2, 0) is 13.6 Å². The number of hydrogen-bond donors (Lipinski definition) is 1. The van der Waals surface area contributed by atoms with E-state index in [1.165, 1.54) is 11.1 Å². The minimum Gasteiger partial charge on any atom is -0.414 e. The van der Waals surface area contributed by atoms with Crippen LogP contribution in [0.5, 0.6) is 0 Å². The average molecular weight is 719 g/mol. The van der Waals surface area contributed by atoms with E-state index in [9.17, 15) is 9.90 Å². The lowest BCUT2D eigenvalue weighted by atomic mass is 9.49. The zero-order valence-electron chi connectivity index (χ0n) is 33.8. The van der Waals surface area contributed by atoms with Crippen LogP contribution in [0.4, 0.5) is 0 Å². The van der Waals surface area contributed by atoms with E-state index in [4.69, 9.17) is 8.85 Å². The monoisotopic (exact) mass is 718 g/mol. The van der Waals surface area contributed by atoms with E-state index in [-0.39, 0.29) is 39.0 Å². The van der Waals surface area contributed by atoms with E-state index >= 15 is 0 Å². The number of carbonyl (C=O) groups excluding carboxylic acids is 1. The van der Waals surface area contributed by atoms with Crippen LogP contribution in [0.2, 0.25) is 36.3 Å². The van der Waals surface area contributed by atoms with Gasteiger partial charge in [-0.25, -0.2) is 0 Å². The van der Waals surface area contributed by atoms with Crippen molar-refractivity contribution in [2.24, 2.45) is 28.6 Å². The maximum atomic E-state index is 14.0. The molecule has 0 bridgehead atoms. The lowest BCUT2D eigenvalue weighted by molar-refractivity contribution is -0.122. The Hall–Kier alpha value is -0.186. The van der Waals surface area contributed by atoms with Crippen molar-refractivity contribution >= 4 is 34.2 Å². The van der Waals surface area contributed by atoms with E-state index in [0.29, 0.717) is 29.3 Å². The average Bonchev–Trinajstić information content (AvgIpc) is 3.24. The molecule has 0 heterocycles. The molecule has 4 nitrogen and oxygen atoms in total. The standard InChI is InChI=1S/C41H74O4SSi2/c1-16-41(43,17-2)22-18-24-46-28(3)36-34(42)27-33-31-20-19-29-25-30(44-47(12,13)37(4,5)6)26-35(45-48(14,15)38(7,8)9)40(29,11)32(31)21-23-39(33,36)10/h19-20,28,30,32-33,35-36,43H,16-18,21-27H2,1-15H3/t28-,30+,32-,33-,35-,36-,39-,40-/m0/s1. The van der Waals surface area contributed by atoms with E-state index in [1.807, 2.05) is 11.8 Å². The maximum Gasteiger partial charge on any atom is 0.192 e. The van der Waals surface area contributed by atoms with Crippen LogP contribution >= 0.6 is 11.8 Å². The van der Waals surface area contributed by atoms with E-state index < -0.39 is 22.2 Å². The van der Waals surface area contributed by atoms with Gasteiger partial charge < -0.3 is 14.0 Å². The number of hydrogen-bond acceptors (Lipinski definition) is 5. The highest BCUT2D eigenvalue weighted by Gasteiger charge is 2.62. The number of ketones is 1. The summed E-state index contributed by atoms with van der Waals surface area (Å²) in [7, 11) is -4.02. The zero-order valence-corrected chi connectivity index (χ0v) is 36.6. The molecule has 4 rings (SSSR count). The van der Waals surface area contributed by atoms with Gasteiger partial charge in [0, 0.05) is 23.0 Å². The first-order valence-electron chi connectivity index (χ1n) is 19.5. The molecule has 0 aromatic carbocycles. The molecule has 0 unspecified atom stereocenters. The third kappa shape index (κ3) is 7.49. The molecule has 8 atom stereocenters. The van der Waals surface area contributed by atoms with Crippen molar-refractivity contribution in [1.29, 1.82) is 0 Å². The van der Waals surface area contributed by atoms with Crippen LogP contribution < -0.4 is 0 Å². The van der Waals surface area contributed by atoms with Crippen molar-refractivity contribution in [3.63, 3.8) is 0 Å². The van der Waals surface area contributed by atoms with Gasteiger partial charge in [-0.3, -0.25) is 4.79 Å². The highest BCUT2D eigenvalue weighted by molar-refractivity contribution is 7.99. The fourth-order valence-corrected chi connectivity index (χ4v) is 13.5. The van der Waals surface area contributed by atoms with Gasteiger partial charge in [-0.15, -0.1) is 0 Å². The molecular formula is C41H74O4SSi2. The molecule has 0 aromatic rings. The Morgan fingerprint density at radius 2 is 1.52 bits per heavy atom. The maximum absolute atomic E-state index is 14.0. The minimum absolute atomic E-state index is 0.000456. The molecule has 0 spiro atoms. The van der Waals surface area contributed by atoms with Gasteiger partial charge in [0.2, 0.25) is 0 Å². The Balaban J connectivity index is 1.62. The third-order valence-electron chi connectivity index (χ3n) is 15.0. The minimum atomic E-state index is -2.07. The molecule has 7 heteroatoms. The largest absolute Gasteiger partial charge is 0.414 e. The van der Waals surface area contributed by atoms with E-state index in [1.54, 1.807) is 0 Å². The summed E-state index contributed by atoms with van der Waals surface area (Å²) in [4.78, 5) is 14.0. The first-order valence-corrected chi connectivity index (χ1v) is 26.4. The van der Waals surface area contributed by atoms with Crippen LogP contribution in [-0.4, -0.2) is 56.3 Å². The number of thioether (sulfide) groups is 1. The second-order valence-corrected chi connectivity index (χ2v) is 30.9. The zero-order chi connectivity index (χ0) is 36.3. The summed E-state index contributed by atoms with van der Waals surface area (Å²) in [6.45, 7) is 35.2. The van der Waals surface area contributed by atoms with Gasteiger partial charge in [-0.1, -0.05) is 99.5 Å². The molecule has 4 aliphatic carbocycles. The highest BCUT2D eigenvalue weighted by atomic mass is 32.2. The number of fused-ring (bicyclic) bond motifs is 5. The third-order valence-corrected chi connectivity index (χ3v) is 25.3. The Morgan fingerprint density at radius 3 is 2.08 bits per heavy atom. The van der Waals surface area contributed by atoms with Crippen molar-refractivity contribution < 1.29 is 18.8 Å². The molecule has 1 N–H and O–H groups in total. The van der Waals surface area contributed by atoms with Crippen molar-refractivity contribution in [2.45, 2.75) is 193 Å². The quantitative estimate of drug-likeness (QED) is 0.161. The fourth-order valence-electron chi connectivity index (χ4n) is 9.40. The predicted molar refractivity (Wildman–Crippen MR) is 212 cm³/mol. The Labute approximate surface area is 302 Å². The van der Waals surface area contributed by atoms with Gasteiger partial charge >= 0.3 is 0 Å². The van der Waals surface area contributed by atoms with Crippen LogP contribution in [0.1, 0.15) is 134 Å². The summed E-state index contributed by atoms with van der Waals surface area (Å²) in [5.41, 5.74) is 2.43. The number of aliphatic hydroxyl groups is 1. The lowest BCUT2D eigenvalue weighted by Gasteiger charge is -2.59. The topological polar surface area (TPSA) is 55.8 Å². The molecule has 48 heavy (non-hydrogen) atoms. The number of rotatable bonds is 12. The summed E-state index contributed by atoms with van der Waals surface area (Å²) in [5, 5.41) is 11.4. The summed E-state index contributed by atoms with van der Waals surface area (Å²) in [5.74, 6) is 2.30. The molecule has 4 aliphatic rings. The van der Waals surface area contributed by atoms with E-state index in [0.717, 1.165) is 57.1 Å². The molecule has 0 amide bonds. The molecular weight excluding hydrogens is 645 g/mol. The SMILES string of the molecule is CCC(O)(CC)CCCS[C@@H](C)[C@H]1C(=O)C[C@H]2C3=CC=C4C[C@@H](O[Si](C)(C)C(C)(C)C)C[C@H](O[Si](C)(C)C(C)(C)C)[C@]4(C)[C@H]3CC[C@]12C.